The molecule has 0 unspecified atom stereocenters. The van der Waals surface area contributed by atoms with Crippen molar-refractivity contribution in [3.8, 4) is 0 Å². The average molecular weight is 461 g/mol. The van der Waals surface area contributed by atoms with E-state index in [9.17, 15) is 13.2 Å². The second-order valence-electron chi connectivity index (χ2n) is 7.65. The van der Waals surface area contributed by atoms with Crippen LogP contribution < -0.4 is 5.32 Å². The van der Waals surface area contributed by atoms with E-state index < -0.39 is 10.0 Å². The summed E-state index contributed by atoms with van der Waals surface area (Å²) in [6.07, 6.45) is 5.21. The van der Waals surface area contributed by atoms with Gasteiger partial charge in [-0.3, -0.25) is 4.79 Å². The van der Waals surface area contributed by atoms with Crippen LogP contribution in [0.3, 0.4) is 0 Å². The molecule has 1 aliphatic heterocycles. The van der Waals surface area contributed by atoms with Gasteiger partial charge in [-0.05, 0) is 49.6 Å². The summed E-state index contributed by atoms with van der Waals surface area (Å²) in [6, 6.07) is 12.3. The van der Waals surface area contributed by atoms with Crippen LogP contribution in [0.5, 0.6) is 0 Å². The van der Waals surface area contributed by atoms with Gasteiger partial charge < -0.3 is 9.88 Å². The van der Waals surface area contributed by atoms with E-state index in [4.69, 9.17) is 11.6 Å². The molecule has 0 saturated carbocycles. The SMILES string of the molecule is O=C(NCCCn1cnc2ccccc21)c1ccc(Cl)c(S(=O)(=O)N2CCCCC2)c1. The molecule has 1 aromatic heterocycles. The molecule has 4 rings (SSSR count). The van der Waals surface area contributed by atoms with E-state index >= 15 is 0 Å². The molecule has 1 fully saturated rings. The number of halogens is 1. The highest BCUT2D eigenvalue weighted by Crippen LogP contribution is 2.28. The first-order valence-corrected chi connectivity index (χ1v) is 12.3. The number of nitrogens with one attached hydrogen (secondary N) is 1. The molecule has 1 aliphatic rings. The third kappa shape index (κ3) is 4.76. The molecule has 2 heterocycles. The smallest absolute Gasteiger partial charge is 0.251 e. The number of amides is 1. The Labute approximate surface area is 187 Å². The summed E-state index contributed by atoms with van der Waals surface area (Å²) in [7, 11) is -3.71. The van der Waals surface area contributed by atoms with Crippen molar-refractivity contribution < 1.29 is 13.2 Å². The van der Waals surface area contributed by atoms with Crippen LogP contribution in [0.15, 0.2) is 53.7 Å². The normalized spacial score (nSPS) is 15.3. The number of hydrogen-bond donors (Lipinski definition) is 1. The van der Waals surface area contributed by atoms with Crippen molar-refractivity contribution >= 4 is 38.6 Å². The minimum atomic E-state index is -3.71. The maximum atomic E-state index is 13.0. The first kappa shape index (κ1) is 21.8. The van der Waals surface area contributed by atoms with Gasteiger partial charge in [-0.1, -0.05) is 30.2 Å². The summed E-state index contributed by atoms with van der Waals surface area (Å²) in [5.41, 5.74) is 2.28. The van der Waals surface area contributed by atoms with Crippen molar-refractivity contribution in [3.63, 3.8) is 0 Å². The third-order valence-electron chi connectivity index (χ3n) is 5.51. The van der Waals surface area contributed by atoms with Crippen LogP contribution in [0.4, 0.5) is 0 Å². The Morgan fingerprint density at radius 3 is 2.68 bits per heavy atom. The molecule has 0 bridgehead atoms. The zero-order valence-corrected chi connectivity index (χ0v) is 18.7. The maximum Gasteiger partial charge on any atom is 0.251 e. The largest absolute Gasteiger partial charge is 0.352 e. The summed E-state index contributed by atoms with van der Waals surface area (Å²) in [6.45, 7) is 2.15. The van der Waals surface area contributed by atoms with E-state index in [0.717, 1.165) is 43.3 Å². The Morgan fingerprint density at radius 2 is 1.87 bits per heavy atom. The van der Waals surface area contributed by atoms with E-state index in [1.165, 1.54) is 16.4 Å². The fourth-order valence-electron chi connectivity index (χ4n) is 3.83. The highest BCUT2D eigenvalue weighted by molar-refractivity contribution is 7.89. The van der Waals surface area contributed by atoms with Crippen LogP contribution in [0.1, 0.15) is 36.0 Å². The van der Waals surface area contributed by atoms with Gasteiger partial charge >= 0.3 is 0 Å². The first-order chi connectivity index (χ1) is 15.0. The van der Waals surface area contributed by atoms with E-state index in [1.807, 2.05) is 28.8 Å². The van der Waals surface area contributed by atoms with Gasteiger partial charge in [0.2, 0.25) is 10.0 Å². The van der Waals surface area contributed by atoms with Crippen molar-refractivity contribution in [2.75, 3.05) is 19.6 Å². The predicted molar refractivity (Wildman–Crippen MR) is 121 cm³/mol. The second kappa shape index (κ2) is 9.38. The van der Waals surface area contributed by atoms with E-state index in [-0.39, 0.29) is 21.4 Å². The molecule has 2 aromatic carbocycles. The third-order valence-corrected chi connectivity index (χ3v) is 7.90. The van der Waals surface area contributed by atoms with Gasteiger partial charge in [-0.25, -0.2) is 13.4 Å². The Balaban J connectivity index is 1.39. The van der Waals surface area contributed by atoms with Crippen molar-refractivity contribution in [2.24, 2.45) is 0 Å². The standard InChI is InChI=1S/C22H25ClN4O3S/c23-18-10-9-17(15-21(18)31(29,30)27-13-4-1-5-14-27)22(28)24-11-6-12-26-16-25-19-7-2-3-8-20(19)26/h2-3,7-10,15-16H,1,4-6,11-14H2,(H,24,28). The number of fused-ring (bicyclic) bond motifs is 1. The van der Waals surface area contributed by atoms with Crippen LogP contribution in [0, 0.1) is 0 Å². The topological polar surface area (TPSA) is 84.3 Å². The molecule has 164 valence electrons. The highest BCUT2D eigenvalue weighted by Gasteiger charge is 2.28. The molecular weight excluding hydrogens is 436 g/mol. The molecular formula is C22H25ClN4O3S. The number of aromatic nitrogens is 2. The molecule has 3 aromatic rings. The van der Waals surface area contributed by atoms with Crippen LogP contribution in [0.25, 0.3) is 11.0 Å². The molecule has 1 saturated heterocycles. The van der Waals surface area contributed by atoms with Crippen molar-refractivity contribution in [2.45, 2.75) is 37.1 Å². The number of para-hydroxylation sites is 2. The monoisotopic (exact) mass is 460 g/mol. The number of sulfonamides is 1. The van der Waals surface area contributed by atoms with Crippen LogP contribution in [-0.4, -0.2) is 47.8 Å². The number of nitrogens with zero attached hydrogens (tertiary/aromatic N) is 3. The van der Waals surface area contributed by atoms with Crippen LogP contribution >= 0.6 is 11.6 Å². The lowest BCUT2D eigenvalue weighted by Gasteiger charge is -2.26. The number of carbonyl (C=O) groups is 1. The Bertz CT molecular complexity index is 1190. The Kier molecular flexibility index (Phi) is 6.60. The van der Waals surface area contributed by atoms with Crippen LogP contribution in [-0.2, 0) is 16.6 Å². The Morgan fingerprint density at radius 1 is 1.10 bits per heavy atom. The van der Waals surface area contributed by atoms with Crippen LogP contribution in [0.2, 0.25) is 5.02 Å². The Hall–Kier alpha value is -2.42. The van der Waals surface area contributed by atoms with Gasteiger partial charge in [-0.2, -0.15) is 4.31 Å². The highest BCUT2D eigenvalue weighted by atomic mass is 35.5. The fourth-order valence-corrected chi connectivity index (χ4v) is 5.85. The van der Waals surface area contributed by atoms with E-state index in [0.29, 0.717) is 19.6 Å². The minimum Gasteiger partial charge on any atom is -0.352 e. The molecule has 0 spiro atoms. The van der Waals surface area contributed by atoms with Gasteiger partial charge in [0.1, 0.15) is 4.90 Å². The predicted octanol–water partition coefficient (Wildman–Crippen LogP) is 3.68. The lowest BCUT2D eigenvalue weighted by Crippen LogP contribution is -2.36. The summed E-state index contributed by atoms with van der Waals surface area (Å²) < 4.78 is 29.5. The lowest BCUT2D eigenvalue weighted by atomic mass is 10.2. The second-order valence-corrected chi connectivity index (χ2v) is 9.96. The number of hydrogen-bond acceptors (Lipinski definition) is 4. The van der Waals surface area contributed by atoms with Gasteiger partial charge in [-0.15, -0.1) is 0 Å². The van der Waals surface area contributed by atoms with Crippen molar-refractivity contribution in [3.05, 3.63) is 59.4 Å². The maximum absolute atomic E-state index is 13.0. The average Bonchev–Trinajstić information content (AvgIpc) is 3.20. The summed E-state index contributed by atoms with van der Waals surface area (Å²) >= 11 is 6.19. The van der Waals surface area contributed by atoms with E-state index in [1.54, 1.807) is 12.4 Å². The number of carbonyl (C=O) groups excluding carboxylic acids is 1. The van der Waals surface area contributed by atoms with Gasteiger partial charge in [0.25, 0.3) is 5.91 Å². The molecule has 0 radical (unpaired) electrons. The molecule has 1 amide bonds. The number of benzene rings is 2. The van der Waals surface area contributed by atoms with Crippen molar-refractivity contribution in [1.29, 1.82) is 0 Å². The van der Waals surface area contributed by atoms with Gasteiger partial charge in [0, 0.05) is 31.7 Å². The number of imidazole rings is 1. The van der Waals surface area contributed by atoms with E-state index in [2.05, 4.69) is 10.3 Å². The molecule has 0 atom stereocenters. The fraction of sp³-hybridized carbons (Fsp3) is 0.364. The lowest BCUT2D eigenvalue weighted by molar-refractivity contribution is 0.0952. The summed E-state index contributed by atoms with van der Waals surface area (Å²) in [5, 5.41) is 3.00. The number of rotatable bonds is 7. The molecule has 9 heteroatoms. The summed E-state index contributed by atoms with van der Waals surface area (Å²) in [5.74, 6) is -0.317. The molecule has 7 nitrogen and oxygen atoms in total. The molecule has 31 heavy (non-hydrogen) atoms. The number of aryl methyl sites for hydroxylation is 1. The number of piperidine rings is 1. The quantitative estimate of drug-likeness (QED) is 0.545. The van der Waals surface area contributed by atoms with Gasteiger partial charge in [0.15, 0.2) is 0 Å². The first-order valence-electron chi connectivity index (χ1n) is 10.4. The molecule has 1 N–H and O–H groups in total. The van der Waals surface area contributed by atoms with Gasteiger partial charge in [0.05, 0.1) is 22.4 Å². The zero-order valence-electron chi connectivity index (χ0n) is 17.1. The zero-order chi connectivity index (χ0) is 21.8. The van der Waals surface area contributed by atoms with Crippen molar-refractivity contribution in [1.82, 2.24) is 19.2 Å². The minimum absolute atomic E-state index is 0.00592. The molecule has 0 aliphatic carbocycles. The summed E-state index contributed by atoms with van der Waals surface area (Å²) in [4.78, 5) is 17.0.